The maximum absolute atomic E-state index is 6.21. The molecule has 1 atom stereocenters. The summed E-state index contributed by atoms with van der Waals surface area (Å²) < 4.78 is 11.0. The molecule has 1 aliphatic carbocycles. The molecular weight excluding hydrogens is 226 g/mol. The Hall–Kier alpha value is -1.22. The van der Waals surface area contributed by atoms with Gasteiger partial charge in [-0.3, -0.25) is 0 Å². The molecule has 3 heteroatoms. The normalized spacial score (nSPS) is 18.3. The van der Waals surface area contributed by atoms with E-state index in [1.54, 1.807) is 14.2 Å². The van der Waals surface area contributed by atoms with Gasteiger partial charge >= 0.3 is 0 Å². The third kappa shape index (κ3) is 1.87. The van der Waals surface area contributed by atoms with Gasteiger partial charge in [-0.2, -0.15) is 0 Å². The van der Waals surface area contributed by atoms with Crippen LogP contribution < -0.4 is 15.2 Å². The highest BCUT2D eigenvalue weighted by molar-refractivity contribution is 5.57. The molecule has 0 aromatic heterocycles. The fourth-order valence-electron chi connectivity index (χ4n) is 2.88. The van der Waals surface area contributed by atoms with E-state index in [0.717, 1.165) is 30.8 Å². The van der Waals surface area contributed by atoms with E-state index in [0.29, 0.717) is 0 Å². The summed E-state index contributed by atoms with van der Waals surface area (Å²) in [5.74, 6) is 1.67. The average Bonchev–Trinajstić information content (AvgIpc) is 3.18. The van der Waals surface area contributed by atoms with Gasteiger partial charge in [0.1, 0.15) is 0 Å². The predicted octanol–water partition coefficient (Wildman–Crippen LogP) is 2.65. The first-order valence-electron chi connectivity index (χ1n) is 6.60. The molecule has 3 nitrogen and oxygen atoms in total. The van der Waals surface area contributed by atoms with Crippen LogP contribution in [0.1, 0.15) is 37.8 Å². The molecule has 100 valence electrons. The van der Waals surface area contributed by atoms with Crippen molar-refractivity contribution in [3.05, 3.63) is 23.3 Å². The molecule has 2 N–H and O–H groups in total. The quantitative estimate of drug-likeness (QED) is 0.872. The van der Waals surface area contributed by atoms with Gasteiger partial charge in [0.25, 0.3) is 0 Å². The Morgan fingerprint density at radius 3 is 2.33 bits per heavy atom. The van der Waals surface area contributed by atoms with Crippen molar-refractivity contribution < 1.29 is 9.47 Å². The second kappa shape index (κ2) is 4.81. The second-order valence-corrected chi connectivity index (χ2v) is 5.13. The molecule has 1 saturated carbocycles. The molecule has 2 rings (SSSR count). The fourth-order valence-corrected chi connectivity index (χ4v) is 2.88. The van der Waals surface area contributed by atoms with Crippen LogP contribution in [0.15, 0.2) is 12.1 Å². The monoisotopic (exact) mass is 249 g/mol. The average molecular weight is 249 g/mol. The minimum Gasteiger partial charge on any atom is -0.493 e. The number of nitrogens with two attached hydrogens (primary N) is 1. The molecule has 0 spiro atoms. The van der Waals surface area contributed by atoms with Crippen molar-refractivity contribution in [2.24, 2.45) is 5.73 Å². The Labute approximate surface area is 109 Å². The first kappa shape index (κ1) is 13.2. The smallest absolute Gasteiger partial charge is 0.164 e. The lowest BCUT2D eigenvalue weighted by Gasteiger charge is -2.26. The summed E-state index contributed by atoms with van der Waals surface area (Å²) in [5, 5.41) is 0. The van der Waals surface area contributed by atoms with Gasteiger partial charge < -0.3 is 15.2 Å². The third-order valence-electron chi connectivity index (χ3n) is 4.17. The van der Waals surface area contributed by atoms with Gasteiger partial charge in [-0.1, -0.05) is 13.0 Å². The number of hydrogen-bond donors (Lipinski definition) is 1. The number of ether oxygens (including phenoxy) is 2. The first-order valence-corrected chi connectivity index (χ1v) is 6.60. The fraction of sp³-hybridized carbons (Fsp3) is 0.600. The van der Waals surface area contributed by atoms with E-state index in [2.05, 4.69) is 19.9 Å². The summed E-state index contributed by atoms with van der Waals surface area (Å²) in [5.41, 5.74) is 8.88. The van der Waals surface area contributed by atoms with E-state index in [9.17, 15) is 0 Å². The summed E-state index contributed by atoms with van der Waals surface area (Å²) in [6.07, 6.45) is 3.27. The molecule has 0 aliphatic heterocycles. The van der Waals surface area contributed by atoms with Crippen LogP contribution in [-0.2, 0) is 11.8 Å². The number of rotatable bonds is 5. The van der Waals surface area contributed by atoms with Crippen molar-refractivity contribution in [1.29, 1.82) is 0 Å². The highest BCUT2D eigenvalue weighted by Crippen LogP contribution is 2.56. The van der Waals surface area contributed by atoms with E-state index < -0.39 is 0 Å². The Bertz CT molecular complexity index is 436. The van der Waals surface area contributed by atoms with E-state index in [4.69, 9.17) is 15.2 Å². The molecule has 1 fully saturated rings. The summed E-state index contributed by atoms with van der Waals surface area (Å²) in [6, 6.07) is 4.26. The number of aryl methyl sites for hydroxylation is 1. The van der Waals surface area contributed by atoms with Crippen LogP contribution in [0.2, 0.25) is 0 Å². The van der Waals surface area contributed by atoms with Crippen LogP contribution in [0.4, 0.5) is 0 Å². The lowest BCUT2D eigenvalue weighted by Crippen LogP contribution is -2.32. The molecule has 18 heavy (non-hydrogen) atoms. The first-order chi connectivity index (χ1) is 8.60. The largest absolute Gasteiger partial charge is 0.493 e. The van der Waals surface area contributed by atoms with E-state index in [1.807, 2.05) is 6.07 Å². The Morgan fingerprint density at radius 2 is 1.94 bits per heavy atom. The lowest BCUT2D eigenvalue weighted by atomic mass is 9.84. The molecule has 0 radical (unpaired) electrons. The topological polar surface area (TPSA) is 44.5 Å². The molecule has 1 aromatic carbocycles. The van der Waals surface area contributed by atoms with Crippen LogP contribution in [0, 0.1) is 0 Å². The van der Waals surface area contributed by atoms with Gasteiger partial charge in [0.2, 0.25) is 0 Å². The maximum atomic E-state index is 6.21. The lowest BCUT2D eigenvalue weighted by molar-refractivity contribution is 0.345. The Balaban J connectivity index is 2.62. The summed E-state index contributed by atoms with van der Waals surface area (Å²) in [6.45, 7) is 4.26. The second-order valence-electron chi connectivity index (χ2n) is 5.13. The van der Waals surface area contributed by atoms with Crippen molar-refractivity contribution >= 4 is 0 Å². The van der Waals surface area contributed by atoms with Crippen molar-refractivity contribution in [3.63, 3.8) is 0 Å². The van der Waals surface area contributed by atoms with Crippen LogP contribution >= 0.6 is 0 Å². The van der Waals surface area contributed by atoms with E-state index in [1.165, 1.54) is 11.1 Å². The molecule has 1 aliphatic rings. The van der Waals surface area contributed by atoms with Gasteiger partial charge in [0.05, 0.1) is 14.2 Å². The van der Waals surface area contributed by atoms with Crippen LogP contribution in [0.3, 0.4) is 0 Å². The van der Waals surface area contributed by atoms with Crippen molar-refractivity contribution in [3.8, 4) is 11.5 Å². The third-order valence-corrected chi connectivity index (χ3v) is 4.17. The van der Waals surface area contributed by atoms with Crippen LogP contribution in [-0.4, -0.2) is 20.3 Å². The van der Waals surface area contributed by atoms with Gasteiger partial charge in [-0.25, -0.2) is 0 Å². The molecule has 0 bridgehead atoms. The van der Waals surface area contributed by atoms with E-state index in [-0.39, 0.29) is 11.5 Å². The highest BCUT2D eigenvalue weighted by Gasteiger charge is 2.50. The standard InChI is InChI=1S/C15H23NO2/c1-5-11-6-7-12(17-3)14(18-4)13(11)15(8-9-15)10(2)16/h6-7,10H,5,8-9,16H2,1-4H3. The number of benzene rings is 1. The zero-order valence-electron chi connectivity index (χ0n) is 11.7. The molecule has 0 saturated heterocycles. The minimum atomic E-state index is 0.0885. The Morgan fingerprint density at radius 1 is 1.28 bits per heavy atom. The highest BCUT2D eigenvalue weighted by atomic mass is 16.5. The SMILES string of the molecule is CCc1ccc(OC)c(OC)c1C1(C(C)N)CC1. The summed E-state index contributed by atoms with van der Waals surface area (Å²) in [4.78, 5) is 0. The van der Waals surface area contributed by atoms with Crippen molar-refractivity contribution in [2.45, 2.75) is 44.6 Å². The summed E-state index contributed by atoms with van der Waals surface area (Å²) in [7, 11) is 3.39. The van der Waals surface area contributed by atoms with Crippen molar-refractivity contribution in [2.75, 3.05) is 14.2 Å². The minimum absolute atomic E-state index is 0.0885. The van der Waals surface area contributed by atoms with Gasteiger partial charge in [0.15, 0.2) is 11.5 Å². The molecular formula is C15H23NO2. The molecule has 1 aromatic rings. The van der Waals surface area contributed by atoms with Gasteiger partial charge in [0, 0.05) is 17.0 Å². The van der Waals surface area contributed by atoms with Crippen molar-refractivity contribution in [1.82, 2.24) is 0 Å². The molecule has 0 heterocycles. The number of hydrogen-bond acceptors (Lipinski definition) is 3. The predicted molar refractivity (Wildman–Crippen MR) is 73.5 cm³/mol. The van der Waals surface area contributed by atoms with Gasteiger partial charge in [-0.15, -0.1) is 0 Å². The molecule has 1 unspecified atom stereocenters. The number of methoxy groups -OCH3 is 2. The Kier molecular flexibility index (Phi) is 3.53. The molecule has 0 amide bonds. The van der Waals surface area contributed by atoms with Gasteiger partial charge in [-0.05, 0) is 37.8 Å². The maximum Gasteiger partial charge on any atom is 0.164 e. The summed E-state index contributed by atoms with van der Waals surface area (Å²) >= 11 is 0. The van der Waals surface area contributed by atoms with Crippen LogP contribution in [0.25, 0.3) is 0 Å². The van der Waals surface area contributed by atoms with Crippen LogP contribution in [0.5, 0.6) is 11.5 Å². The zero-order chi connectivity index (χ0) is 13.3. The van der Waals surface area contributed by atoms with E-state index >= 15 is 0 Å². The zero-order valence-corrected chi connectivity index (χ0v) is 11.7.